The van der Waals surface area contributed by atoms with Gasteiger partial charge in [0.05, 0.1) is 34.1 Å². The predicted molar refractivity (Wildman–Crippen MR) is 123 cm³/mol. The van der Waals surface area contributed by atoms with Gasteiger partial charge in [0.25, 0.3) is 5.91 Å². The first kappa shape index (κ1) is 21.7. The molecular weight excluding hydrogens is 452 g/mol. The average Bonchev–Trinajstić information content (AvgIpc) is 3.44. The molecule has 164 valence electrons. The van der Waals surface area contributed by atoms with E-state index in [4.69, 9.17) is 11.6 Å². The van der Waals surface area contributed by atoms with E-state index < -0.39 is 4.92 Å². The Morgan fingerprint density at radius 1 is 1.22 bits per heavy atom. The molecule has 0 saturated carbocycles. The van der Waals surface area contributed by atoms with Gasteiger partial charge < -0.3 is 5.32 Å². The van der Waals surface area contributed by atoms with Crippen LogP contribution < -0.4 is 5.32 Å². The first-order valence-electron chi connectivity index (χ1n) is 9.64. The van der Waals surface area contributed by atoms with Gasteiger partial charge in [-0.25, -0.2) is 0 Å². The summed E-state index contributed by atoms with van der Waals surface area (Å²) in [7, 11) is 0. The number of rotatable bonds is 7. The number of halogens is 1. The number of nitro groups is 1. The number of nitrogens with zero attached hydrogens (tertiary/aromatic N) is 5. The molecule has 0 radical (unpaired) electrons. The Labute approximate surface area is 192 Å². The third kappa shape index (κ3) is 4.71. The second-order valence-corrected chi connectivity index (χ2v) is 8.61. The SMILES string of the molecule is Cc1nn(Cc2csc(C(=O)Nc3ccc(Cn4cc(Cl)cn4)cc3)c2)c(C)c1[N+](=O)[O-]. The van der Waals surface area contributed by atoms with E-state index in [1.54, 1.807) is 41.7 Å². The second kappa shape index (κ2) is 8.93. The topological polar surface area (TPSA) is 108 Å². The van der Waals surface area contributed by atoms with Crippen LogP contribution in [-0.4, -0.2) is 30.4 Å². The molecule has 3 heterocycles. The normalized spacial score (nSPS) is 11.0. The summed E-state index contributed by atoms with van der Waals surface area (Å²) < 4.78 is 3.32. The van der Waals surface area contributed by atoms with Crippen molar-refractivity contribution in [3.05, 3.63) is 90.6 Å². The van der Waals surface area contributed by atoms with Crippen molar-refractivity contribution in [1.29, 1.82) is 0 Å². The zero-order valence-electron chi connectivity index (χ0n) is 17.3. The summed E-state index contributed by atoms with van der Waals surface area (Å²) in [6, 6.07) is 9.28. The minimum Gasteiger partial charge on any atom is -0.321 e. The third-order valence-electron chi connectivity index (χ3n) is 4.89. The Balaban J connectivity index is 1.40. The van der Waals surface area contributed by atoms with E-state index in [0.717, 1.165) is 11.1 Å². The largest absolute Gasteiger partial charge is 0.321 e. The number of aromatic nitrogens is 4. The quantitative estimate of drug-likeness (QED) is 0.312. The molecule has 0 fully saturated rings. The number of hydrogen-bond donors (Lipinski definition) is 1. The minimum atomic E-state index is -0.421. The highest BCUT2D eigenvalue weighted by atomic mass is 35.5. The van der Waals surface area contributed by atoms with Gasteiger partial charge in [0, 0.05) is 11.9 Å². The molecule has 9 nitrogen and oxygen atoms in total. The number of carbonyl (C=O) groups excluding carboxylic acids is 1. The molecule has 0 aliphatic heterocycles. The third-order valence-corrected chi connectivity index (χ3v) is 6.07. The average molecular weight is 471 g/mol. The maximum absolute atomic E-state index is 12.6. The molecule has 11 heteroatoms. The van der Waals surface area contributed by atoms with E-state index in [0.29, 0.717) is 40.1 Å². The lowest BCUT2D eigenvalue weighted by molar-refractivity contribution is -0.386. The standard InChI is InChI=1S/C21H19ClN6O3S/c1-13-20(28(30)31)14(2)27(25-13)10-16-7-19(32-12-16)21(29)24-18-5-3-15(4-6-18)9-26-11-17(22)8-23-26/h3-8,11-12H,9-10H2,1-2H3,(H,24,29). The molecule has 0 atom stereocenters. The first-order chi connectivity index (χ1) is 15.3. The molecular formula is C21H19ClN6O3S. The van der Waals surface area contributed by atoms with Crippen molar-refractivity contribution in [2.75, 3.05) is 5.32 Å². The van der Waals surface area contributed by atoms with Crippen LogP contribution in [0, 0.1) is 24.0 Å². The molecule has 0 spiro atoms. The number of thiophene rings is 1. The van der Waals surface area contributed by atoms with Crippen molar-refractivity contribution >= 4 is 40.2 Å². The molecule has 0 aliphatic carbocycles. The fourth-order valence-electron chi connectivity index (χ4n) is 3.35. The monoisotopic (exact) mass is 470 g/mol. The summed E-state index contributed by atoms with van der Waals surface area (Å²) in [6.07, 6.45) is 3.33. The molecule has 32 heavy (non-hydrogen) atoms. The van der Waals surface area contributed by atoms with Crippen molar-refractivity contribution in [3.63, 3.8) is 0 Å². The number of aryl methyl sites for hydroxylation is 1. The Morgan fingerprint density at radius 3 is 2.59 bits per heavy atom. The lowest BCUT2D eigenvalue weighted by Gasteiger charge is -2.06. The second-order valence-electron chi connectivity index (χ2n) is 7.26. The van der Waals surface area contributed by atoms with Crippen molar-refractivity contribution in [1.82, 2.24) is 19.6 Å². The van der Waals surface area contributed by atoms with E-state index in [1.165, 1.54) is 11.3 Å². The highest BCUT2D eigenvalue weighted by Gasteiger charge is 2.22. The molecule has 1 aromatic carbocycles. The molecule has 0 aliphatic rings. The van der Waals surface area contributed by atoms with Crippen LogP contribution in [0.5, 0.6) is 0 Å². The van der Waals surface area contributed by atoms with Crippen LogP contribution in [-0.2, 0) is 13.1 Å². The number of nitrogens with one attached hydrogen (secondary N) is 1. The van der Waals surface area contributed by atoms with Crippen LogP contribution in [0.4, 0.5) is 11.4 Å². The van der Waals surface area contributed by atoms with E-state index in [-0.39, 0.29) is 11.6 Å². The molecule has 4 rings (SSSR count). The zero-order chi connectivity index (χ0) is 22.8. The Morgan fingerprint density at radius 2 is 1.97 bits per heavy atom. The van der Waals surface area contributed by atoms with Gasteiger partial charge >= 0.3 is 5.69 Å². The molecule has 1 N–H and O–H groups in total. The van der Waals surface area contributed by atoms with Crippen molar-refractivity contribution in [2.24, 2.45) is 0 Å². The van der Waals surface area contributed by atoms with Gasteiger partial charge in [0.2, 0.25) is 0 Å². The molecule has 0 unspecified atom stereocenters. The summed E-state index contributed by atoms with van der Waals surface area (Å²) in [6.45, 7) is 4.22. The van der Waals surface area contributed by atoms with Crippen LogP contribution in [0.1, 0.15) is 32.2 Å². The Kier molecular flexibility index (Phi) is 6.06. The molecule has 1 amide bonds. The summed E-state index contributed by atoms with van der Waals surface area (Å²) in [5.41, 5.74) is 3.45. The number of amides is 1. The first-order valence-corrected chi connectivity index (χ1v) is 10.9. The smallest absolute Gasteiger partial charge is 0.312 e. The van der Waals surface area contributed by atoms with Gasteiger partial charge in [0.1, 0.15) is 11.4 Å². The van der Waals surface area contributed by atoms with Crippen LogP contribution in [0.3, 0.4) is 0 Å². The van der Waals surface area contributed by atoms with Crippen molar-refractivity contribution in [3.8, 4) is 0 Å². The number of anilines is 1. The maximum Gasteiger partial charge on any atom is 0.312 e. The Bertz CT molecular complexity index is 1290. The summed E-state index contributed by atoms with van der Waals surface area (Å²) >= 11 is 7.20. The van der Waals surface area contributed by atoms with Crippen molar-refractivity contribution < 1.29 is 9.72 Å². The lowest BCUT2D eigenvalue weighted by Crippen LogP contribution is -2.10. The van der Waals surface area contributed by atoms with Crippen LogP contribution >= 0.6 is 22.9 Å². The van der Waals surface area contributed by atoms with Crippen LogP contribution in [0.25, 0.3) is 0 Å². The van der Waals surface area contributed by atoms with Crippen molar-refractivity contribution in [2.45, 2.75) is 26.9 Å². The fraction of sp³-hybridized carbons (Fsp3) is 0.190. The molecule has 0 saturated heterocycles. The zero-order valence-corrected chi connectivity index (χ0v) is 18.9. The van der Waals surface area contributed by atoms with Gasteiger partial charge in [-0.05, 0) is 48.6 Å². The van der Waals surface area contributed by atoms with Crippen LogP contribution in [0.2, 0.25) is 5.02 Å². The molecule has 4 aromatic rings. The van der Waals surface area contributed by atoms with Gasteiger partial charge in [-0.2, -0.15) is 10.2 Å². The highest BCUT2D eigenvalue weighted by molar-refractivity contribution is 7.12. The Hall–Kier alpha value is -3.50. The van der Waals surface area contributed by atoms with E-state index in [9.17, 15) is 14.9 Å². The summed E-state index contributed by atoms with van der Waals surface area (Å²) in [5, 5.41) is 24.9. The summed E-state index contributed by atoms with van der Waals surface area (Å²) in [4.78, 5) is 23.9. The van der Waals surface area contributed by atoms with E-state index in [2.05, 4.69) is 15.5 Å². The van der Waals surface area contributed by atoms with E-state index >= 15 is 0 Å². The maximum atomic E-state index is 12.6. The predicted octanol–water partition coefficient (Wildman–Crippen LogP) is 4.67. The number of carbonyl (C=O) groups is 1. The van der Waals surface area contributed by atoms with Gasteiger partial charge in [-0.15, -0.1) is 11.3 Å². The summed E-state index contributed by atoms with van der Waals surface area (Å²) in [5.74, 6) is -0.216. The molecule has 0 bridgehead atoms. The van der Waals surface area contributed by atoms with Crippen LogP contribution in [0.15, 0.2) is 48.1 Å². The van der Waals surface area contributed by atoms with Gasteiger partial charge in [0.15, 0.2) is 0 Å². The highest BCUT2D eigenvalue weighted by Crippen LogP contribution is 2.24. The minimum absolute atomic E-state index is 0.0253. The number of benzene rings is 1. The molecule has 3 aromatic heterocycles. The number of hydrogen-bond acceptors (Lipinski definition) is 6. The van der Waals surface area contributed by atoms with E-state index in [1.807, 2.05) is 29.6 Å². The van der Waals surface area contributed by atoms with Gasteiger partial charge in [-0.1, -0.05) is 23.7 Å². The lowest BCUT2D eigenvalue weighted by atomic mass is 10.2. The van der Waals surface area contributed by atoms with Gasteiger partial charge in [-0.3, -0.25) is 24.3 Å². The fourth-order valence-corrected chi connectivity index (χ4v) is 4.31.